The lowest BCUT2D eigenvalue weighted by molar-refractivity contribution is 0.896. The number of nitrogen functional groups attached to an aromatic ring is 1. The fraction of sp³-hybridized carbons (Fsp3) is 0.364. The quantitative estimate of drug-likeness (QED) is 0.544. The highest BCUT2D eigenvalue weighted by Gasteiger charge is 2.09. The van der Waals surface area contributed by atoms with E-state index < -0.39 is 0 Å². The van der Waals surface area contributed by atoms with Gasteiger partial charge >= 0.3 is 0 Å². The zero-order valence-corrected chi connectivity index (χ0v) is 11.0. The Morgan fingerprint density at radius 3 is 2.78 bits per heavy atom. The number of rotatable bonds is 6. The van der Waals surface area contributed by atoms with E-state index in [1.165, 1.54) is 6.33 Å². The molecule has 0 unspecified atom stereocenters. The van der Waals surface area contributed by atoms with E-state index in [9.17, 15) is 0 Å². The Labute approximate surface area is 110 Å². The first-order valence-corrected chi connectivity index (χ1v) is 6.65. The van der Waals surface area contributed by atoms with Crippen LogP contribution in [0.3, 0.4) is 0 Å². The largest absolute Gasteiger partial charge is 0.363 e. The van der Waals surface area contributed by atoms with Crippen molar-refractivity contribution in [2.24, 2.45) is 5.84 Å². The van der Waals surface area contributed by atoms with Gasteiger partial charge in [-0.2, -0.15) is 0 Å². The SMILES string of the molecule is CCCc1c(NN)ncnc1NCc1nccs1. The average molecular weight is 264 g/mol. The molecule has 7 heteroatoms. The van der Waals surface area contributed by atoms with E-state index in [0.29, 0.717) is 12.4 Å². The van der Waals surface area contributed by atoms with E-state index in [1.54, 1.807) is 17.5 Å². The molecule has 0 aliphatic carbocycles. The predicted molar refractivity (Wildman–Crippen MR) is 73.3 cm³/mol. The summed E-state index contributed by atoms with van der Waals surface area (Å²) >= 11 is 1.61. The van der Waals surface area contributed by atoms with Crippen molar-refractivity contribution < 1.29 is 0 Å². The number of nitrogens with zero attached hydrogens (tertiary/aromatic N) is 3. The summed E-state index contributed by atoms with van der Waals surface area (Å²) in [7, 11) is 0. The molecule has 2 rings (SSSR count). The van der Waals surface area contributed by atoms with Gasteiger partial charge in [0, 0.05) is 17.1 Å². The number of anilines is 2. The van der Waals surface area contributed by atoms with Crippen LogP contribution in [0.5, 0.6) is 0 Å². The molecule has 0 amide bonds. The van der Waals surface area contributed by atoms with E-state index in [4.69, 9.17) is 5.84 Å². The zero-order valence-electron chi connectivity index (χ0n) is 10.2. The summed E-state index contributed by atoms with van der Waals surface area (Å²) in [6.45, 7) is 2.77. The van der Waals surface area contributed by atoms with E-state index in [1.807, 2.05) is 5.38 Å². The Balaban J connectivity index is 2.15. The lowest BCUT2D eigenvalue weighted by Crippen LogP contribution is -2.14. The van der Waals surface area contributed by atoms with Gasteiger partial charge in [0.25, 0.3) is 0 Å². The van der Waals surface area contributed by atoms with Crippen LogP contribution in [0.2, 0.25) is 0 Å². The van der Waals surface area contributed by atoms with Crippen LogP contribution in [0.4, 0.5) is 11.6 Å². The third-order valence-corrected chi connectivity index (χ3v) is 3.25. The maximum atomic E-state index is 5.46. The Hall–Kier alpha value is -1.73. The lowest BCUT2D eigenvalue weighted by atomic mass is 10.1. The minimum Gasteiger partial charge on any atom is -0.363 e. The average Bonchev–Trinajstić information content (AvgIpc) is 2.91. The Bertz CT molecular complexity index is 484. The first kappa shape index (κ1) is 12.7. The van der Waals surface area contributed by atoms with Crippen molar-refractivity contribution in [3.8, 4) is 0 Å². The summed E-state index contributed by atoms with van der Waals surface area (Å²) in [5, 5.41) is 6.26. The number of hydrogen-bond donors (Lipinski definition) is 3. The van der Waals surface area contributed by atoms with Gasteiger partial charge in [-0.05, 0) is 6.42 Å². The second-order valence-corrected chi connectivity index (χ2v) is 4.70. The van der Waals surface area contributed by atoms with Gasteiger partial charge in [0.2, 0.25) is 0 Å². The Kier molecular flexibility index (Phi) is 4.43. The van der Waals surface area contributed by atoms with Gasteiger partial charge in [0.1, 0.15) is 23.0 Å². The molecule has 2 aromatic rings. The maximum Gasteiger partial charge on any atom is 0.148 e. The molecule has 0 atom stereocenters. The number of nitrogens with one attached hydrogen (secondary N) is 2. The highest BCUT2D eigenvalue weighted by molar-refractivity contribution is 7.09. The molecule has 0 aliphatic rings. The van der Waals surface area contributed by atoms with Gasteiger partial charge in [-0.15, -0.1) is 11.3 Å². The van der Waals surface area contributed by atoms with Crippen molar-refractivity contribution in [3.63, 3.8) is 0 Å². The number of hydrazine groups is 1. The summed E-state index contributed by atoms with van der Waals surface area (Å²) in [4.78, 5) is 12.6. The van der Waals surface area contributed by atoms with E-state index in [2.05, 4.69) is 32.6 Å². The lowest BCUT2D eigenvalue weighted by Gasteiger charge is -2.12. The first-order valence-electron chi connectivity index (χ1n) is 5.78. The maximum absolute atomic E-state index is 5.46. The second-order valence-electron chi connectivity index (χ2n) is 3.72. The molecule has 18 heavy (non-hydrogen) atoms. The zero-order chi connectivity index (χ0) is 12.8. The Morgan fingerprint density at radius 2 is 2.11 bits per heavy atom. The fourth-order valence-corrected chi connectivity index (χ4v) is 2.23. The molecule has 0 saturated heterocycles. The molecule has 2 aromatic heterocycles. The summed E-state index contributed by atoms with van der Waals surface area (Å²) < 4.78 is 0. The molecule has 0 aromatic carbocycles. The third kappa shape index (κ3) is 2.93. The monoisotopic (exact) mass is 264 g/mol. The van der Waals surface area contributed by atoms with Gasteiger partial charge in [0.15, 0.2) is 0 Å². The molecule has 0 spiro atoms. The molecule has 2 heterocycles. The van der Waals surface area contributed by atoms with Gasteiger partial charge in [0.05, 0.1) is 6.54 Å². The number of aromatic nitrogens is 3. The number of nitrogens with two attached hydrogens (primary N) is 1. The van der Waals surface area contributed by atoms with Crippen LogP contribution in [-0.4, -0.2) is 15.0 Å². The molecule has 0 radical (unpaired) electrons. The fourth-order valence-electron chi connectivity index (χ4n) is 1.68. The van der Waals surface area contributed by atoms with Crippen molar-refractivity contribution in [2.75, 3.05) is 10.7 Å². The normalized spacial score (nSPS) is 10.3. The molecule has 0 aliphatic heterocycles. The predicted octanol–water partition coefficient (Wildman–Crippen LogP) is 1.78. The van der Waals surface area contributed by atoms with Crippen molar-refractivity contribution in [3.05, 3.63) is 28.5 Å². The van der Waals surface area contributed by atoms with Crippen LogP contribution in [0.15, 0.2) is 17.9 Å². The summed E-state index contributed by atoms with van der Waals surface area (Å²) in [5.41, 5.74) is 3.62. The molecular weight excluding hydrogens is 248 g/mol. The van der Waals surface area contributed by atoms with Gasteiger partial charge in [-0.3, -0.25) is 0 Å². The summed E-state index contributed by atoms with van der Waals surface area (Å²) in [5.74, 6) is 6.95. The second kappa shape index (κ2) is 6.27. The number of hydrogen-bond acceptors (Lipinski definition) is 7. The van der Waals surface area contributed by atoms with E-state index in [0.717, 1.165) is 29.2 Å². The van der Waals surface area contributed by atoms with Crippen LogP contribution in [0.25, 0.3) is 0 Å². The van der Waals surface area contributed by atoms with Crippen LogP contribution < -0.4 is 16.6 Å². The number of thiazole rings is 1. The van der Waals surface area contributed by atoms with Crippen molar-refractivity contribution in [1.82, 2.24) is 15.0 Å². The van der Waals surface area contributed by atoms with Gasteiger partial charge < -0.3 is 10.7 Å². The molecule has 0 fully saturated rings. The first-order chi connectivity index (χ1) is 8.85. The molecule has 4 N–H and O–H groups in total. The minimum absolute atomic E-state index is 0.662. The van der Waals surface area contributed by atoms with Crippen LogP contribution in [0, 0.1) is 0 Å². The highest BCUT2D eigenvalue weighted by atomic mass is 32.1. The van der Waals surface area contributed by atoms with Crippen molar-refractivity contribution in [2.45, 2.75) is 26.3 Å². The molecule has 6 nitrogen and oxygen atoms in total. The van der Waals surface area contributed by atoms with E-state index >= 15 is 0 Å². The molecule has 96 valence electrons. The standard InChI is InChI=1S/C11H16N6S/c1-2-3-8-10(15-7-16-11(8)17-12)14-6-9-13-4-5-18-9/h4-5,7H,2-3,6,12H2,1H3,(H2,14,15,16,17). The minimum atomic E-state index is 0.662. The summed E-state index contributed by atoms with van der Waals surface area (Å²) in [6.07, 6.45) is 5.18. The topological polar surface area (TPSA) is 88.8 Å². The van der Waals surface area contributed by atoms with Gasteiger partial charge in [-0.1, -0.05) is 13.3 Å². The summed E-state index contributed by atoms with van der Waals surface area (Å²) in [6, 6.07) is 0. The molecule has 0 saturated carbocycles. The van der Waals surface area contributed by atoms with Crippen LogP contribution in [0.1, 0.15) is 23.9 Å². The van der Waals surface area contributed by atoms with E-state index in [-0.39, 0.29) is 0 Å². The molecular formula is C11H16N6S. The van der Waals surface area contributed by atoms with Crippen molar-refractivity contribution in [1.29, 1.82) is 0 Å². The molecule has 0 bridgehead atoms. The third-order valence-electron chi connectivity index (χ3n) is 2.47. The van der Waals surface area contributed by atoms with Gasteiger partial charge in [-0.25, -0.2) is 20.8 Å². The van der Waals surface area contributed by atoms with Crippen LogP contribution >= 0.6 is 11.3 Å². The highest BCUT2D eigenvalue weighted by Crippen LogP contribution is 2.21. The van der Waals surface area contributed by atoms with Crippen LogP contribution in [-0.2, 0) is 13.0 Å². The Morgan fingerprint density at radius 1 is 1.28 bits per heavy atom. The van der Waals surface area contributed by atoms with Crippen molar-refractivity contribution >= 4 is 23.0 Å². The smallest absolute Gasteiger partial charge is 0.148 e.